The molecule has 8 heteroatoms. The lowest BCUT2D eigenvalue weighted by atomic mass is 10.2. The van der Waals surface area contributed by atoms with Gasteiger partial charge in [0.25, 0.3) is 5.91 Å². The molecule has 8 nitrogen and oxygen atoms in total. The highest BCUT2D eigenvalue weighted by atomic mass is 16.1. The Labute approximate surface area is 186 Å². The highest BCUT2D eigenvalue weighted by Crippen LogP contribution is 2.26. The van der Waals surface area contributed by atoms with Crippen LogP contribution in [-0.2, 0) is 0 Å². The van der Waals surface area contributed by atoms with Gasteiger partial charge in [0.2, 0.25) is 5.95 Å². The van der Waals surface area contributed by atoms with E-state index in [-0.39, 0.29) is 0 Å². The van der Waals surface area contributed by atoms with Crippen LogP contribution in [0.2, 0.25) is 0 Å². The summed E-state index contributed by atoms with van der Waals surface area (Å²) < 4.78 is 1.88. The molecule has 162 valence electrons. The van der Waals surface area contributed by atoms with Crippen LogP contribution in [0.15, 0.2) is 60.8 Å². The van der Waals surface area contributed by atoms with E-state index in [1.54, 1.807) is 6.20 Å². The molecule has 0 saturated carbocycles. The van der Waals surface area contributed by atoms with Gasteiger partial charge in [-0.1, -0.05) is 18.2 Å². The SMILES string of the molecule is Cc1cc(-n2cc(C(N)=O)c3ccccc32)nc(Nc2ccc(N3CCNCC3)cc2)n1. The molecule has 5 rings (SSSR count). The fraction of sp³-hybridized carbons (Fsp3) is 0.208. The number of para-hydroxylation sites is 1. The predicted molar refractivity (Wildman–Crippen MR) is 127 cm³/mol. The topological polar surface area (TPSA) is 101 Å². The van der Waals surface area contributed by atoms with E-state index in [1.807, 2.05) is 54.0 Å². The van der Waals surface area contributed by atoms with Crippen molar-refractivity contribution in [3.05, 3.63) is 72.1 Å². The number of aryl methyl sites for hydroxylation is 1. The average Bonchev–Trinajstić information content (AvgIpc) is 3.20. The second kappa shape index (κ2) is 8.32. The highest BCUT2D eigenvalue weighted by Gasteiger charge is 2.15. The summed E-state index contributed by atoms with van der Waals surface area (Å²) in [5, 5.41) is 7.48. The van der Waals surface area contributed by atoms with Crippen molar-refractivity contribution < 1.29 is 4.79 Å². The van der Waals surface area contributed by atoms with E-state index in [1.165, 1.54) is 5.69 Å². The predicted octanol–water partition coefficient (Wildman–Crippen LogP) is 2.98. The van der Waals surface area contributed by atoms with Crippen LogP contribution < -0.4 is 21.3 Å². The molecule has 0 bridgehead atoms. The Balaban J connectivity index is 1.45. The van der Waals surface area contributed by atoms with Crippen molar-refractivity contribution in [3.8, 4) is 5.82 Å². The molecule has 1 aliphatic rings. The van der Waals surface area contributed by atoms with E-state index >= 15 is 0 Å². The molecule has 0 atom stereocenters. The molecular weight excluding hydrogens is 402 g/mol. The molecule has 0 radical (unpaired) electrons. The third-order valence-corrected chi connectivity index (χ3v) is 5.67. The molecule has 2 aromatic carbocycles. The Morgan fingerprint density at radius 3 is 2.56 bits per heavy atom. The first-order valence-electron chi connectivity index (χ1n) is 10.7. The molecule has 0 aliphatic carbocycles. The fourth-order valence-electron chi connectivity index (χ4n) is 4.10. The second-order valence-corrected chi connectivity index (χ2v) is 7.89. The molecule has 0 spiro atoms. The van der Waals surface area contributed by atoms with Crippen molar-refractivity contribution in [3.63, 3.8) is 0 Å². The minimum Gasteiger partial charge on any atom is -0.369 e. The van der Waals surface area contributed by atoms with Gasteiger partial charge in [0.1, 0.15) is 5.82 Å². The minimum atomic E-state index is -0.464. The smallest absolute Gasteiger partial charge is 0.250 e. The number of piperazine rings is 1. The van der Waals surface area contributed by atoms with Gasteiger partial charge in [0.15, 0.2) is 0 Å². The van der Waals surface area contributed by atoms with E-state index < -0.39 is 5.91 Å². The number of nitrogens with one attached hydrogen (secondary N) is 2. The Bertz CT molecular complexity index is 1270. The van der Waals surface area contributed by atoms with Gasteiger partial charge < -0.3 is 25.8 Å². The summed E-state index contributed by atoms with van der Waals surface area (Å²) in [4.78, 5) is 23.6. The van der Waals surface area contributed by atoms with Crippen LogP contribution in [0.5, 0.6) is 0 Å². The zero-order chi connectivity index (χ0) is 22.1. The Kier molecular flexibility index (Phi) is 5.20. The molecule has 4 N–H and O–H groups in total. The molecule has 1 fully saturated rings. The summed E-state index contributed by atoms with van der Waals surface area (Å²) in [5.74, 6) is 0.697. The van der Waals surface area contributed by atoms with Crippen LogP contribution in [0.1, 0.15) is 16.1 Å². The van der Waals surface area contributed by atoms with E-state index in [9.17, 15) is 4.79 Å². The van der Waals surface area contributed by atoms with Gasteiger partial charge in [0.05, 0.1) is 11.1 Å². The summed E-state index contributed by atoms with van der Waals surface area (Å²) >= 11 is 0. The highest BCUT2D eigenvalue weighted by molar-refractivity contribution is 6.06. The van der Waals surface area contributed by atoms with Crippen molar-refractivity contribution >= 4 is 34.1 Å². The van der Waals surface area contributed by atoms with Crippen LogP contribution in [0.4, 0.5) is 17.3 Å². The number of hydrogen-bond donors (Lipinski definition) is 3. The van der Waals surface area contributed by atoms with Crippen LogP contribution >= 0.6 is 0 Å². The number of primary amides is 1. The summed E-state index contributed by atoms with van der Waals surface area (Å²) in [5.41, 5.74) is 9.86. The number of benzene rings is 2. The summed E-state index contributed by atoms with van der Waals surface area (Å²) in [6.45, 7) is 5.95. The molecule has 1 amide bonds. The third kappa shape index (κ3) is 3.88. The molecular formula is C24H25N7O. The number of carbonyl (C=O) groups excluding carboxylic acids is 1. The monoisotopic (exact) mass is 427 g/mol. The molecule has 1 aliphatic heterocycles. The maximum atomic E-state index is 11.9. The Morgan fingerprint density at radius 1 is 1.06 bits per heavy atom. The Morgan fingerprint density at radius 2 is 1.81 bits per heavy atom. The van der Waals surface area contributed by atoms with Crippen molar-refractivity contribution in [2.45, 2.75) is 6.92 Å². The standard InChI is InChI=1S/C24H25N7O/c1-16-14-22(31-15-20(23(25)32)19-4-2-3-5-21(19)31)29-24(27-16)28-17-6-8-18(9-7-17)30-12-10-26-11-13-30/h2-9,14-15,26H,10-13H2,1H3,(H2,25,32)(H,27,28,29). The van der Waals surface area contributed by atoms with Crippen molar-refractivity contribution in [2.24, 2.45) is 5.73 Å². The number of aromatic nitrogens is 3. The number of anilines is 3. The van der Waals surface area contributed by atoms with Gasteiger partial charge in [-0.15, -0.1) is 0 Å². The molecule has 2 aromatic heterocycles. The second-order valence-electron chi connectivity index (χ2n) is 7.89. The van der Waals surface area contributed by atoms with Crippen molar-refractivity contribution in [1.29, 1.82) is 0 Å². The van der Waals surface area contributed by atoms with E-state index in [2.05, 4.69) is 32.7 Å². The van der Waals surface area contributed by atoms with Gasteiger partial charge in [-0.25, -0.2) is 4.98 Å². The maximum absolute atomic E-state index is 11.9. The molecule has 4 aromatic rings. The van der Waals surface area contributed by atoms with Gasteiger partial charge in [-0.3, -0.25) is 4.79 Å². The zero-order valence-electron chi connectivity index (χ0n) is 17.9. The number of carbonyl (C=O) groups is 1. The van der Waals surface area contributed by atoms with E-state index in [0.717, 1.165) is 48.5 Å². The van der Waals surface area contributed by atoms with Crippen molar-refractivity contribution in [2.75, 3.05) is 36.4 Å². The first kappa shape index (κ1) is 20.0. The Hall–Kier alpha value is -3.91. The zero-order valence-corrected chi connectivity index (χ0v) is 17.9. The number of hydrogen-bond acceptors (Lipinski definition) is 6. The van der Waals surface area contributed by atoms with Gasteiger partial charge in [-0.05, 0) is 37.3 Å². The minimum absolute atomic E-state index is 0.464. The number of rotatable bonds is 5. The average molecular weight is 428 g/mol. The lowest BCUT2D eigenvalue weighted by molar-refractivity contribution is 0.100. The number of fused-ring (bicyclic) bond motifs is 1. The molecule has 3 heterocycles. The summed E-state index contributed by atoms with van der Waals surface area (Å²) in [6, 6.07) is 17.8. The molecule has 32 heavy (non-hydrogen) atoms. The summed E-state index contributed by atoms with van der Waals surface area (Å²) in [6.07, 6.45) is 1.74. The lowest BCUT2D eigenvalue weighted by Crippen LogP contribution is -2.43. The van der Waals surface area contributed by atoms with Crippen LogP contribution in [0.25, 0.3) is 16.7 Å². The van der Waals surface area contributed by atoms with Crippen LogP contribution in [0.3, 0.4) is 0 Å². The fourth-order valence-corrected chi connectivity index (χ4v) is 4.10. The number of nitrogens with two attached hydrogens (primary N) is 1. The van der Waals surface area contributed by atoms with Gasteiger partial charge >= 0.3 is 0 Å². The molecule has 0 unspecified atom stereocenters. The third-order valence-electron chi connectivity index (χ3n) is 5.67. The summed E-state index contributed by atoms with van der Waals surface area (Å²) in [7, 11) is 0. The van der Waals surface area contributed by atoms with Gasteiger partial charge in [0, 0.05) is 60.9 Å². The van der Waals surface area contributed by atoms with Gasteiger partial charge in [-0.2, -0.15) is 4.98 Å². The maximum Gasteiger partial charge on any atom is 0.250 e. The van der Waals surface area contributed by atoms with Crippen LogP contribution in [-0.4, -0.2) is 46.6 Å². The van der Waals surface area contributed by atoms with Crippen molar-refractivity contribution in [1.82, 2.24) is 19.9 Å². The quantitative estimate of drug-likeness (QED) is 0.453. The van der Waals surface area contributed by atoms with E-state index in [0.29, 0.717) is 17.3 Å². The van der Waals surface area contributed by atoms with Crippen LogP contribution in [0, 0.1) is 6.92 Å². The number of amides is 1. The van der Waals surface area contributed by atoms with E-state index in [4.69, 9.17) is 10.7 Å². The first-order valence-corrected chi connectivity index (χ1v) is 10.7. The number of nitrogens with zero attached hydrogens (tertiary/aromatic N) is 4. The normalized spacial score (nSPS) is 14.0. The first-order chi connectivity index (χ1) is 15.6. The molecule has 1 saturated heterocycles. The lowest BCUT2D eigenvalue weighted by Gasteiger charge is -2.29. The largest absolute Gasteiger partial charge is 0.369 e.